The molecule has 0 spiro atoms. The van der Waals surface area contributed by atoms with Crippen LogP contribution in [0.4, 0.5) is 5.69 Å². The maximum atomic E-state index is 13.4. The minimum atomic E-state index is -0.442. The number of nitro benzene ring substituents is 1. The van der Waals surface area contributed by atoms with Crippen molar-refractivity contribution in [3.05, 3.63) is 129 Å². The molecule has 1 heterocycles. The molecule has 0 unspecified atom stereocenters. The van der Waals surface area contributed by atoms with E-state index < -0.39 is 4.92 Å². The van der Waals surface area contributed by atoms with Gasteiger partial charge in [-0.15, -0.1) is 0 Å². The summed E-state index contributed by atoms with van der Waals surface area (Å²) in [5.74, 6) is 1.40. The Kier molecular flexibility index (Phi) is 7.40. The lowest BCUT2D eigenvalue weighted by molar-refractivity contribution is -0.384. The maximum Gasteiger partial charge on any atom is 0.282 e. The van der Waals surface area contributed by atoms with E-state index in [0.717, 1.165) is 5.56 Å². The van der Waals surface area contributed by atoms with Crippen molar-refractivity contribution in [2.24, 2.45) is 5.10 Å². The Hall–Kier alpha value is -5.31. The van der Waals surface area contributed by atoms with Crippen LogP contribution < -0.4 is 15.0 Å². The summed E-state index contributed by atoms with van der Waals surface area (Å²) >= 11 is 0. The molecule has 0 radical (unpaired) electrons. The molecule has 39 heavy (non-hydrogen) atoms. The van der Waals surface area contributed by atoms with Gasteiger partial charge in [-0.2, -0.15) is 9.78 Å². The molecule has 0 amide bonds. The fourth-order valence-electron chi connectivity index (χ4n) is 4.04. The van der Waals surface area contributed by atoms with E-state index >= 15 is 0 Å². The molecule has 0 saturated carbocycles. The predicted molar refractivity (Wildman–Crippen MR) is 149 cm³/mol. The van der Waals surface area contributed by atoms with Gasteiger partial charge in [0.05, 0.1) is 28.6 Å². The highest BCUT2D eigenvalue weighted by Crippen LogP contribution is 2.29. The van der Waals surface area contributed by atoms with E-state index in [0.29, 0.717) is 46.0 Å². The molecular weight excluding hydrogens is 496 g/mol. The quantitative estimate of drug-likeness (QED) is 0.137. The van der Waals surface area contributed by atoms with Crippen molar-refractivity contribution in [3.63, 3.8) is 0 Å². The molecule has 0 atom stereocenters. The van der Waals surface area contributed by atoms with Gasteiger partial charge in [0.2, 0.25) is 0 Å². The number of benzene rings is 4. The Morgan fingerprint density at radius 3 is 2.51 bits per heavy atom. The third-order valence-corrected chi connectivity index (χ3v) is 5.89. The summed E-state index contributed by atoms with van der Waals surface area (Å²) in [7, 11) is 0. The van der Waals surface area contributed by atoms with Gasteiger partial charge < -0.3 is 9.47 Å². The second kappa shape index (κ2) is 11.4. The van der Waals surface area contributed by atoms with Gasteiger partial charge in [-0.25, -0.2) is 4.98 Å². The summed E-state index contributed by atoms with van der Waals surface area (Å²) in [5.41, 5.74) is 2.42. The standard InChI is InChI=1S/C30H24N4O5/c1-2-38-28-18-21(15-16-27(28)39-20-22-9-8-12-24(17-22)34(36)37)19-31-33-29(23-10-4-3-5-11-23)32-26-14-7-6-13-25(26)30(33)35/h3-19H,2,20H2,1H3. The number of hydrogen-bond acceptors (Lipinski definition) is 7. The molecule has 4 aromatic carbocycles. The van der Waals surface area contributed by atoms with E-state index in [9.17, 15) is 14.9 Å². The number of hydrogen-bond donors (Lipinski definition) is 0. The first-order valence-electron chi connectivity index (χ1n) is 12.3. The van der Waals surface area contributed by atoms with Gasteiger partial charge >= 0.3 is 0 Å². The fraction of sp³-hybridized carbons (Fsp3) is 0.100. The molecule has 0 fully saturated rings. The summed E-state index contributed by atoms with van der Waals surface area (Å²) < 4.78 is 13.0. The molecule has 5 aromatic rings. The number of non-ortho nitro benzene ring substituents is 1. The van der Waals surface area contributed by atoms with E-state index in [2.05, 4.69) is 5.10 Å². The summed E-state index contributed by atoms with van der Waals surface area (Å²) in [5, 5.41) is 16.0. The molecule has 0 bridgehead atoms. The zero-order chi connectivity index (χ0) is 27.2. The van der Waals surface area contributed by atoms with E-state index in [1.807, 2.05) is 43.3 Å². The van der Waals surface area contributed by atoms with Crippen LogP contribution in [0.3, 0.4) is 0 Å². The van der Waals surface area contributed by atoms with Crippen LogP contribution in [0, 0.1) is 10.1 Å². The highest BCUT2D eigenvalue weighted by molar-refractivity contribution is 5.82. The van der Waals surface area contributed by atoms with Crippen molar-refractivity contribution in [2.45, 2.75) is 13.5 Å². The Bertz CT molecular complexity index is 1730. The number of para-hydroxylation sites is 1. The summed E-state index contributed by atoms with van der Waals surface area (Å²) in [6.07, 6.45) is 1.57. The zero-order valence-electron chi connectivity index (χ0n) is 21.1. The van der Waals surface area contributed by atoms with Crippen molar-refractivity contribution in [1.29, 1.82) is 0 Å². The number of nitrogens with zero attached hydrogens (tertiary/aromatic N) is 4. The van der Waals surface area contributed by atoms with Crippen LogP contribution in [-0.2, 0) is 6.61 Å². The normalized spacial score (nSPS) is 11.1. The smallest absolute Gasteiger partial charge is 0.282 e. The van der Waals surface area contributed by atoms with Crippen LogP contribution in [0.1, 0.15) is 18.1 Å². The van der Waals surface area contributed by atoms with Gasteiger partial charge in [-0.1, -0.05) is 54.6 Å². The molecule has 0 N–H and O–H groups in total. The van der Waals surface area contributed by atoms with Gasteiger partial charge in [0.15, 0.2) is 17.3 Å². The van der Waals surface area contributed by atoms with Gasteiger partial charge in [0.25, 0.3) is 11.2 Å². The average molecular weight is 521 g/mol. The SMILES string of the molecule is CCOc1cc(C=Nn2c(-c3ccccc3)nc3ccccc3c2=O)ccc1OCc1cccc([N+](=O)[O-])c1. The van der Waals surface area contributed by atoms with Crippen molar-refractivity contribution < 1.29 is 14.4 Å². The maximum absolute atomic E-state index is 13.4. The fourth-order valence-corrected chi connectivity index (χ4v) is 4.04. The van der Waals surface area contributed by atoms with Crippen LogP contribution in [0.15, 0.2) is 107 Å². The van der Waals surface area contributed by atoms with Crippen LogP contribution in [0.25, 0.3) is 22.3 Å². The Labute approximate surface area is 223 Å². The molecule has 0 saturated heterocycles. The van der Waals surface area contributed by atoms with Crippen molar-refractivity contribution in [2.75, 3.05) is 6.61 Å². The third kappa shape index (κ3) is 5.67. The average Bonchev–Trinajstić information content (AvgIpc) is 2.97. The minimum absolute atomic E-state index is 0.000913. The lowest BCUT2D eigenvalue weighted by atomic mass is 10.2. The molecule has 194 valence electrons. The molecular formula is C30H24N4O5. The van der Waals surface area contributed by atoms with Crippen molar-refractivity contribution in [3.8, 4) is 22.9 Å². The van der Waals surface area contributed by atoms with Gasteiger partial charge in [-0.05, 0) is 48.4 Å². The molecule has 0 aliphatic rings. The highest BCUT2D eigenvalue weighted by atomic mass is 16.6. The van der Waals surface area contributed by atoms with E-state index in [1.165, 1.54) is 16.8 Å². The van der Waals surface area contributed by atoms with Crippen LogP contribution in [0.2, 0.25) is 0 Å². The second-order valence-electron chi connectivity index (χ2n) is 8.53. The van der Waals surface area contributed by atoms with Crippen LogP contribution in [0.5, 0.6) is 11.5 Å². The number of rotatable bonds is 9. The number of ether oxygens (including phenoxy) is 2. The van der Waals surface area contributed by atoms with Crippen molar-refractivity contribution >= 4 is 22.8 Å². The van der Waals surface area contributed by atoms with E-state index in [4.69, 9.17) is 14.5 Å². The summed E-state index contributed by atoms with van der Waals surface area (Å²) in [6.45, 7) is 2.39. The van der Waals surface area contributed by atoms with Gasteiger partial charge in [0.1, 0.15) is 6.61 Å². The first kappa shape index (κ1) is 25.3. The Balaban J connectivity index is 1.47. The third-order valence-electron chi connectivity index (χ3n) is 5.89. The first-order valence-corrected chi connectivity index (χ1v) is 12.3. The number of fused-ring (bicyclic) bond motifs is 1. The number of aromatic nitrogens is 2. The highest BCUT2D eigenvalue weighted by Gasteiger charge is 2.13. The van der Waals surface area contributed by atoms with Gasteiger partial charge in [0, 0.05) is 17.7 Å². The monoisotopic (exact) mass is 520 g/mol. The topological polar surface area (TPSA) is 109 Å². The Morgan fingerprint density at radius 2 is 1.72 bits per heavy atom. The summed E-state index contributed by atoms with van der Waals surface area (Å²) in [4.78, 5) is 28.7. The predicted octanol–water partition coefficient (Wildman–Crippen LogP) is 5.83. The molecule has 9 nitrogen and oxygen atoms in total. The van der Waals surface area contributed by atoms with Crippen molar-refractivity contribution in [1.82, 2.24) is 9.66 Å². The van der Waals surface area contributed by atoms with E-state index in [-0.39, 0.29) is 17.9 Å². The van der Waals surface area contributed by atoms with Gasteiger partial charge in [-0.3, -0.25) is 14.9 Å². The van der Waals surface area contributed by atoms with E-state index in [1.54, 1.807) is 54.7 Å². The molecule has 5 rings (SSSR count). The molecule has 9 heteroatoms. The largest absolute Gasteiger partial charge is 0.490 e. The lowest BCUT2D eigenvalue weighted by Gasteiger charge is -2.13. The molecule has 1 aromatic heterocycles. The summed E-state index contributed by atoms with van der Waals surface area (Å²) in [6, 6.07) is 28.2. The lowest BCUT2D eigenvalue weighted by Crippen LogP contribution is -2.20. The first-order chi connectivity index (χ1) is 19.0. The minimum Gasteiger partial charge on any atom is -0.490 e. The second-order valence-corrected chi connectivity index (χ2v) is 8.53. The molecule has 0 aliphatic carbocycles. The molecule has 0 aliphatic heterocycles. The Morgan fingerprint density at radius 1 is 0.923 bits per heavy atom. The zero-order valence-corrected chi connectivity index (χ0v) is 21.1. The number of nitro groups is 1. The van der Waals surface area contributed by atoms with Crippen LogP contribution >= 0.6 is 0 Å². The van der Waals surface area contributed by atoms with Crippen LogP contribution in [-0.4, -0.2) is 27.4 Å².